The number of amides is 1. The number of carbonyl (C=O) groups is 1. The Kier molecular flexibility index (Phi) is 6.16. The monoisotopic (exact) mass is 528 g/mol. The van der Waals surface area contributed by atoms with Crippen LogP contribution in [0.5, 0.6) is 0 Å². The minimum Gasteiger partial charge on any atom is -0.342 e. The topological polar surface area (TPSA) is 112 Å². The molecule has 1 N–H and O–H groups in total. The second kappa shape index (κ2) is 9.96. The Morgan fingerprint density at radius 2 is 1.88 bits per heavy atom. The lowest BCUT2D eigenvalue weighted by atomic mass is 10.1. The predicted octanol–water partition coefficient (Wildman–Crippen LogP) is 3.36. The number of hydrogen-bond donors (Lipinski definition) is 1. The fraction of sp³-hybridized carbons (Fsp3) is 0.133. The summed E-state index contributed by atoms with van der Waals surface area (Å²) in [5, 5.41) is 11.9. The lowest BCUT2D eigenvalue weighted by Crippen LogP contribution is -2.33. The van der Waals surface area contributed by atoms with E-state index in [-0.39, 0.29) is 11.5 Å². The van der Waals surface area contributed by atoms with E-state index in [9.17, 15) is 9.59 Å². The van der Waals surface area contributed by atoms with Gasteiger partial charge in [0.15, 0.2) is 5.65 Å². The number of aromatic nitrogens is 7. The summed E-state index contributed by atoms with van der Waals surface area (Å²) in [4.78, 5) is 36.8. The maximum Gasteiger partial charge on any atom is 0.267 e. The zero-order valence-corrected chi connectivity index (χ0v) is 22.0. The van der Waals surface area contributed by atoms with Gasteiger partial charge in [-0.1, -0.05) is 36.1 Å². The van der Waals surface area contributed by atoms with Gasteiger partial charge in [-0.25, -0.2) is 14.5 Å². The normalized spacial score (nSPS) is 11.8. The van der Waals surface area contributed by atoms with Crippen molar-refractivity contribution in [1.29, 1.82) is 0 Å². The van der Waals surface area contributed by atoms with Crippen LogP contribution in [-0.2, 0) is 7.05 Å². The average molecular weight is 529 g/mol. The van der Waals surface area contributed by atoms with Crippen molar-refractivity contribution in [1.82, 2.24) is 39.2 Å². The van der Waals surface area contributed by atoms with Gasteiger partial charge in [-0.15, -0.1) is 0 Å². The van der Waals surface area contributed by atoms with Crippen LogP contribution in [0.1, 0.15) is 46.0 Å². The molecular formula is C30H24N8O2. The molecule has 0 aliphatic rings. The third-order valence-electron chi connectivity index (χ3n) is 6.52. The van der Waals surface area contributed by atoms with Crippen molar-refractivity contribution >= 4 is 22.5 Å². The van der Waals surface area contributed by atoms with E-state index < -0.39 is 6.04 Å². The van der Waals surface area contributed by atoms with Gasteiger partial charge in [0.05, 0.1) is 40.1 Å². The molecule has 0 saturated carbocycles. The number of benzene rings is 2. The molecule has 2 aromatic carbocycles. The van der Waals surface area contributed by atoms with E-state index in [1.807, 2.05) is 49.6 Å². The van der Waals surface area contributed by atoms with Gasteiger partial charge < -0.3 is 5.32 Å². The highest BCUT2D eigenvalue weighted by Crippen LogP contribution is 2.21. The number of carbonyl (C=O) groups excluding carboxylic acids is 1. The molecule has 1 atom stereocenters. The van der Waals surface area contributed by atoms with Gasteiger partial charge in [0.1, 0.15) is 11.4 Å². The highest BCUT2D eigenvalue weighted by atomic mass is 16.2. The quantitative estimate of drug-likeness (QED) is 0.351. The molecule has 0 aliphatic carbocycles. The van der Waals surface area contributed by atoms with Crippen molar-refractivity contribution in [3.63, 3.8) is 0 Å². The number of nitrogens with zero attached hydrogens (tertiary/aromatic N) is 7. The molecule has 0 spiro atoms. The molecule has 10 nitrogen and oxygen atoms in total. The standard InChI is InChI=1S/C30H24N8O2/c1-19-25(28-31-15-8-16-37(28)35-19)29(39)33-20(2)27-34-24-12-7-9-22(14-13-21-17-32-36(3)18-21)26(24)30(40)38(27)23-10-5-4-6-11-23/h4-12,15-18,20H,1-3H3,(H,33,39)/t20-/m0/s1. The third-order valence-corrected chi connectivity index (χ3v) is 6.52. The molecule has 6 rings (SSSR count). The van der Waals surface area contributed by atoms with Crippen molar-refractivity contribution in [3.8, 4) is 17.5 Å². The molecule has 6 aromatic rings. The number of rotatable bonds is 4. The van der Waals surface area contributed by atoms with Gasteiger partial charge in [-0.2, -0.15) is 10.2 Å². The van der Waals surface area contributed by atoms with Crippen LogP contribution in [0.3, 0.4) is 0 Å². The summed E-state index contributed by atoms with van der Waals surface area (Å²) in [6.07, 6.45) is 6.83. The summed E-state index contributed by atoms with van der Waals surface area (Å²) in [7, 11) is 1.82. The summed E-state index contributed by atoms with van der Waals surface area (Å²) >= 11 is 0. The first-order valence-electron chi connectivity index (χ1n) is 12.6. The summed E-state index contributed by atoms with van der Waals surface area (Å²) in [6, 6.07) is 15.7. The largest absolute Gasteiger partial charge is 0.342 e. The van der Waals surface area contributed by atoms with Gasteiger partial charge in [-0.3, -0.25) is 18.8 Å². The van der Waals surface area contributed by atoms with Crippen LogP contribution in [0.2, 0.25) is 0 Å². The highest BCUT2D eigenvalue weighted by Gasteiger charge is 2.24. The first-order valence-corrected chi connectivity index (χ1v) is 12.6. The van der Waals surface area contributed by atoms with Crippen molar-refractivity contribution in [2.45, 2.75) is 19.9 Å². The highest BCUT2D eigenvalue weighted by molar-refractivity contribution is 6.01. The lowest BCUT2D eigenvalue weighted by molar-refractivity contribution is 0.0938. The number of fused-ring (bicyclic) bond motifs is 2. The van der Waals surface area contributed by atoms with E-state index in [0.717, 1.165) is 5.56 Å². The Balaban J connectivity index is 1.48. The fourth-order valence-electron chi connectivity index (χ4n) is 4.69. The van der Waals surface area contributed by atoms with Crippen molar-refractivity contribution in [3.05, 3.63) is 118 Å². The number of aryl methyl sites for hydroxylation is 2. The van der Waals surface area contributed by atoms with Crippen LogP contribution < -0.4 is 10.9 Å². The van der Waals surface area contributed by atoms with Crippen LogP contribution in [-0.4, -0.2) is 39.8 Å². The third kappa shape index (κ3) is 4.39. The van der Waals surface area contributed by atoms with E-state index in [2.05, 4.69) is 32.3 Å². The summed E-state index contributed by atoms with van der Waals surface area (Å²) in [5.74, 6) is 6.22. The SMILES string of the molecule is Cc1nn2cccnc2c1C(=O)N[C@@H](C)c1nc2cccc(C#Cc3cnn(C)c3)c2c(=O)n1-c1ccccc1. The van der Waals surface area contributed by atoms with Gasteiger partial charge in [0, 0.05) is 31.2 Å². The molecule has 40 heavy (non-hydrogen) atoms. The zero-order chi connectivity index (χ0) is 27.8. The molecule has 0 unspecified atom stereocenters. The molecule has 10 heteroatoms. The molecule has 0 aliphatic heterocycles. The zero-order valence-electron chi connectivity index (χ0n) is 22.0. The molecular weight excluding hydrogens is 504 g/mol. The van der Waals surface area contributed by atoms with Gasteiger partial charge >= 0.3 is 0 Å². The Hall–Kier alpha value is -5.56. The second-order valence-electron chi connectivity index (χ2n) is 9.34. The molecule has 196 valence electrons. The average Bonchev–Trinajstić information content (AvgIpc) is 3.53. The Morgan fingerprint density at radius 1 is 1.05 bits per heavy atom. The van der Waals surface area contributed by atoms with Crippen LogP contribution in [0.4, 0.5) is 0 Å². The molecule has 1 amide bonds. The summed E-state index contributed by atoms with van der Waals surface area (Å²) in [5.41, 5.74) is 3.50. The van der Waals surface area contributed by atoms with E-state index in [1.165, 1.54) is 4.57 Å². The molecule has 0 fully saturated rings. The van der Waals surface area contributed by atoms with Crippen LogP contribution in [0, 0.1) is 18.8 Å². The molecule has 0 saturated heterocycles. The fourth-order valence-corrected chi connectivity index (χ4v) is 4.69. The van der Waals surface area contributed by atoms with Gasteiger partial charge in [0.25, 0.3) is 11.5 Å². The number of hydrogen-bond acceptors (Lipinski definition) is 6. The molecule has 0 bridgehead atoms. The smallest absolute Gasteiger partial charge is 0.267 e. The van der Waals surface area contributed by atoms with E-state index in [0.29, 0.717) is 44.9 Å². The first-order chi connectivity index (χ1) is 19.4. The van der Waals surface area contributed by atoms with E-state index in [4.69, 9.17) is 4.98 Å². The van der Waals surface area contributed by atoms with Crippen molar-refractivity contribution in [2.75, 3.05) is 0 Å². The first kappa shape index (κ1) is 24.8. The van der Waals surface area contributed by atoms with E-state index >= 15 is 0 Å². The van der Waals surface area contributed by atoms with Crippen molar-refractivity contribution < 1.29 is 4.79 Å². The Bertz CT molecular complexity index is 2030. The second-order valence-corrected chi connectivity index (χ2v) is 9.34. The summed E-state index contributed by atoms with van der Waals surface area (Å²) < 4.78 is 4.77. The van der Waals surface area contributed by atoms with Crippen LogP contribution in [0.25, 0.3) is 22.2 Å². The van der Waals surface area contributed by atoms with Gasteiger partial charge in [0.2, 0.25) is 0 Å². The van der Waals surface area contributed by atoms with Crippen molar-refractivity contribution in [2.24, 2.45) is 7.05 Å². The van der Waals surface area contributed by atoms with Gasteiger partial charge in [-0.05, 0) is 44.2 Å². The minimum absolute atomic E-state index is 0.280. The predicted molar refractivity (Wildman–Crippen MR) is 150 cm³/mol. The van der Waals surface area contributed by atoms with Crippen LogP contribution >= 0.6 is 0 Å². The maximum absolute atomic E-state index is 14.1. The minimum atomic E-state index is -0.631. The number of nitrogens with one attached hydrogen (secondary N) is 1. The maximum atomic E-state index is 14.1. The van der Waals surface area contributed by atoms with E-state index in [1.54, 1.807) is 59.8 Å². The molecule has 4 aromatic heterocycles. The number of para-hydroxylation sites is 1. The summed E-state index contributed by atoms with van der Waals surface area (Å²) in [6.45, 7) is 3.56. The van der Waals surface area contributed by atoms with Crippen LogP contribution in [0.15, 0.2) is 84.2 Å². The Morgan fingerprint density at radius 3 is 2.65 bits per heavy atom. The molecule has 0 radical (unpaired) electrons. The molecule has 4 heterocycles. The Labute approximate surface area is 228 Å². The lowest BCUT2D eigenvalue weighted by Gasteiger charge is -2.20.